The molecule has 0 bridgehead atoms. The van der Waals surface area contributed by atoms with Crippen molar-refractivity contribution in [2.24, 2.45) is 0 Å². The van der Waals surface area contributed by atoms with E-state index in [9.17, 15) is 17.2 Å². The highest BCUT2D eigenvalue weighted by molar-refractivity contribution is 9.10. The minimum atomic E-state index is -4.22. The zero-order chi connectivity index (χ0) is 15.9. The second-order valence-electron chi connectivity index (χ2n) is 4.85. The molecule has 0 spiro atoms. The average Bonchev–Trinajstić information content (AvgIpc) is 2.92. The lowest BCUT2D eigenvalue weighted by Gasteiger charge is -2.23. The van der Waals surface area contributed by atoms with Gasteiger partial charge in [-0.05, 0) is 40.9 Å². The first-order valence-corrected chi connectivity index (χ1v) is 8.70. The number of halogens is 3. The molecule has 1 aliphatic heterocycles. The number of benzene rings is 1. The molecule has 1 N–H and O–H groups in total. The van der Waals surface area contributed by atoms with Gasteiger partial charge in [-0.1, -0.05) is 0 Å². The van der Waals surface area contributed by atoms with Crippen molar-refractivity contribution in [2.45, 2.75) is 30.3 Å². The summed E-state index contributed by atoms with van der Waals surface area (Å²) in [5, 5.41) is 3.98. The third-order valence-electron chi connectivity index (χ3n) is 3.38. The highest BCUT2D eigenvalue weighted by atomic mass is 79.9. The molecular weight excluding hydrogens is 382 g/mol. The minimum absolute atomic E-state index is 0.138. The summed E-state index contributed by atoms with van der Waals surface area (Å²) in [7, 11) is -4.22. The molecule has 3 rings (SSSR count). The molecule has 0 fully saturated rings. The lowest BCUT2D eigenvalue weighted by atomic mass is 10.1. The molecule has 0 saturated heterocycles. The number of sulfonamides is 1. The van der Waals surface area contributed by atoms with Crippen molar-refractivity contribution in [3.63, 3.8) is 0 Å². The summed E-state index contributed by atoms with van der Waals surface area (Å²) >= 11 is 2.81. The van der Waals surface area contributed by atoms with Crippen LogP contribution in [0.3, 0.4) is 0 Å². The van der Waals surface area contributed by atoms with Crippen LogP contribution in [0.25, 0.3) is 0 Å². The van der Waals surface area contributed by atoms with E-state index in [0.29, 0.717) is 31.3 Å². The topological polar surface area (TPSA) is 76.9 Å². The summed E-state index contributed by atoms with van der Waals surface area (Å²) in [6.45, 7) is 0.648. The van der Waals surface area contributed by atoms with Crippen LogP contribution in [0.1, 0.15) is 24.7 Å². The first-order chi connectivity index (χ1) is 10.4. The molecule has 2 aromatic rings. The molecule has 0 amide bonds. The van der Waals surface area contributed by atoms with E-state index in [2.05, 4.69) is 30.7 Å². The monoisotopic (exact) mass is 392 g/mol. The Morgan fingerprint density at radius 1 is 1.32 bits per heavy atom. The number of hydrogen-bond acceptors (Lipinski definition) is 4. The number of aromatic nitrogens is 3. The van der Waals surface area contributed by atoms with Crippen LogP contribution in [0.5, 0.6) is 0 Å². The summed E-state index contributed by atoms with van der Waals surface area (Å²) in [5.41, 5.74) is 0. The quantitative estimate of drug-likeness (QED) is 0.811. The van der Waals surface area contributed by atoms with Gasteiger partial charge < -0.3 is 0 Å². The maximum absolute atomic E-state index is 13.9. The van der Waals surface area contributed by atoms with Crippen molar-refractivity contribution in [1.82, 2.24) is 19.5 Å². The van der Waals surface area contributed by atoms with Crippen molar-refractivity contribution in [2.75, 3.05) is 0 Å². The minimum Gasteiger partial charge on any atom is -0.248 e. The SMILES string of the molecule is O=S(=O)(NC1CCCn2ncnc21)c1cc(F)c(Br)cc1F. The van der Waals surface area contributed by atoms with Gasteiger partial charge in [0, 0.05) is 6.54 Å². The normalized spacial score (nSPS) is 18.2. The van der Waals surface area contributed by atoms with E-state index in [1.165, 1.54) is 6.33 Å². The van der Waals surface area contributed by atoms with Crippen LogP contribution in [0.15, 0.2) is 27.8 Å². The van der Waals surface area contributed by atoms with Crippen molar-refractivity contribution in [3.8, 4) is 0 Å². The van der Waals surface area contributed by atoms with Gasteiger partial charge in [0.15, 0.2) is 0 Å². The van der Waals surface area contributed by atoms with Crippen LogP contribution in [-0.2, 0) is 16.6 Å². The zero-order valence-electron chi connectivity index (χ0n) is 11.1. The van der Waals surface area contributed by atoms with Gasteiger partial charge in [-0.15, -0.1) is 0 Å². The van der Waals surface area contributed by atoms with Crippen LogP contribution in [0.4, 0.5) is 8.78 Å². The molecule has 1 atom stereocenters. The summed E-state index contributed by atoms with van der Waals surface area (Å²) in [6, 6.07) is 0.815. The van der Waals surface area contributed by atoms with Gasteiger partial charge in [-0.3, -0.25) is 0 Å². The third-order valence-corrected chi connectivity index (χ3v) is 5.48. The number of fused-ring (bicyclic) bond motifs is 1. The van der Waals surface area contributed by atoms with E-state index >= 15 is 0 Å². The molecule has 0 aliphatic carbocycles. The molecule has 1 unspecified atom stereocenters. The van der Waals surface area contributed by atoms with Gasteiger partial charge >= 0.3 is 0 Å². The summed E-state index contributed by atoms with van der Waals surface area (Å²) in [5.74, 6) is -1.42. The molecule has 10 heteroatoms. The van der Waals surface area contributed by atoms with Crippen molar-refractivity contribution >= 4 is 26.0 Å². The Balaban J connectivity index is 1.94. The molecule has 0 radical (unpaired) electrons. The fraction of sp³-hybridized carbons (Fsp3) is 0.333. The van der Waals surface area contributed by atoms with Crippen LogP contribution in [0.2, 0.25) is 0 Å². The second-order valence-corrected chi connectivity index (χ2v) is 7.39. The van der Waals surface area contributed by atoms with Gasteiger partial charge in [0.1, 0.15) is 28.7 Å². The van der Waals surface area contributed by atoms with Crippen LogP contribution >= 0.6 is 15.9 Å². The van der Waals surface area contributed by atoms with E-state index in [1.54, 1.807) is 4.68 Å². The summed E-state index contributed by atoms with van der Waals surface area (Å²) in [4.78, 5) is 3.29. The van der Waals surface area contributed by atoms with Crippen molar-refractivity contribution in [1.29, 1.82) is 0 Å². The molecule has 1 aliphatic rings. The Hall–Kier alpha value is -1.39. The Labute approximate surface area is 133 Å². The lowest BCUT2D eigenvalue weighted by Crippen LogP contribution is -2.33. The van der Waals surface area contributed by atoms with Crippen LogP contribution < -0.4 is 4.72 Å². The predicted molar refractivity (Wildman–Crippen MR) is 76.4 cm³/mol. The van der Waals surface area contributed by atoms with Gasteiger partial charge in [-0.25, -0.2) is 31.6 Å². The van der Waals surface area contributed by atoms with Crippen LogP contribution in [0, 0.1) is 11.6 Å². The number of aryl methyl sites for hydroxylation is 1. The van der Waals surface area contributed by atoms with E-state index < -0.39 is 32.6 Å². The van der Waals surface area contributed by atoms with Crippen LogP contribution in [-0.4, -0.2) is 23.2 Å². The fourth-order valence-corrected chi connectivity index (χ4v) is 3.98. The summed E-state index contributed by atoms with van der Waals surface area (Å²) < 4.78 is 55.9. The van der Waals surface area contributed by atoms with Gasteiger partial charge in [0.05, 0.1) is 10.5 Å². The average molecular weight is 393 g/mol. The Kier molecular flexibility index (Phi) is 4.00. The Morgan fingerprint density at radius 2 is 2.09 bits per heavy atom. The molecule has 118 valence electrons. The largest absolute Gasteiger partial charge is 0.248 e. The molecule has 1 aromatic carbocycles. The van der Waals surface area contributed by atoms with Crippen molar-refractivity contribution < 1.29 is 17.2 Å². The van der Waals surface area contributed by atoms with Gasteiger partial charge in [0.2, 0.25) is 10.0 Å². The number of rotatable bonds is 3. The van der Waals surface area contributed by atoms with Gasteiger partial charge in [-0.2, -0.15) is 5.10 Å². The standard InChI is InChI=1S/C12H11BrF2N4O2S/c13-7-4-9(15)11(5-8(7)14)22(20,21)18-10-2-1-3-19-12(10)16-6-17-19/h4-6,10,18H,1-3H2. The Morgan fingerprint density at radius 3 is 2.86 bits per heavy atom. The van der Waals surface area contributed by atoms with Crippen molar-refractivity contribution in [3.05, 3.63) is 40.4 Å². The maximum atomic E-state index is 13.9. The van der Waals surface area contributed by atoms with E-state index in [-0.39, 0.29) is 4.47 Å². The summed E-state index contributed by atoms with van der Waals surface area (Å²) in [6.07, 6.45) is 2.56. The number of hydrogen-bond donors (Lipinski definition) is 1. The van der Waals surface area contributed by atoms with E-state index in [4.69, 9.17) is 0 Å². The molecule has 0 saturated carbocycles. The van der Waals surface area contributed by atoms with Gasteiger partial charge in [0.25, 0.3) is 0 Å². The predicted octanol–water partition coefficient (Wildman–Crippen LogP) is 2.13. The fourth-order valence-electron chi connectivity index (χ4n) is 2.36. The molecule has 2 heterocycles. The highest BCUT2D eigenvalue weighted by Crippen LogP contribution is 2.27. The van der Waals surface area contributed by atoms with E-state index in [0.717, 1.165) is 6.07 Å². The lowest BCUT2D eigenvalue weighted by molar-refractivity contribution is 0.399. The number of nitrogens with zero attached hydrogens (tertiary/aromatic N) is 3. The smallest absolute Gasteiger partial charge is 0.244 e. The molecule has 6 nitrogen and oxygen atoms in total. The first-order valence-electron chi connectivity index (χ1n) is 6.43. The maximum Gasteiger partial charge on any atom is 0.244 e. The molecule has 22 heavy (non-hydrogen) atoms. The highest BCUT2D eigenvalue weighted by Gasteiger charge is 2.29. The molecule has 1 aromatic heterocycles. The number of nitrogens with one attached hydrogen (secondary N) is 1. The molecular formula is C12H11BrF2N4O2S. The zero-order valence-corrected chi connectivity index (χ0v) is 13.5. The second kappa shape index (κ2) is 5.67. The third kappa shape index (κ3) is 2.77. The Bertz CT molecular complexity index is 825. The van der Waals surface area contributed by atoms with E-state index in [1.807, 2.05) is 0 Å². The first kappa shape index (κ1) is 15.5.